The van der Waals surface area contributed by atoms with Gasteiger partial charge in [0.25, 0.3) is 0 Å². The van der Waals surface area contributed by atoms with Crippen molar-refractivity contribution in [2.24, 2.45) is 5.73 Å². The molecule has 0 aliphatic carbocycles. The molecule has 0 spiro atoms. The molecule has 0 unspecified atom stereocenters. The minimum absolute atomic E-state index is 0.0151. The summed E-state index contributed by atoms with van der Waals surface area (Å²) in [4.78, 5) is 42.0. The topological polar surface area (TPSA) is 115 Å². The van der Waals surface area contributed by atoms with E-state index in [4.69, 9.17) is 10.8 Å². The van der Waals surface area contributed by atoms with Crippen LogP contribution in [0, 0.1) is 0 Å². The maximum atomic E-state index is 11.0. The number of hydrogen-bond donors (Lipinski definition) is 2. The highest BCUT2D eigenvalue weighted by Crippen LogP contribution is 2.08. The lowest BCUT2D eigenvalue weighted by Crippen LogP contribution is -2.14. The number of ketones is 1. The Morgan fingerprint density at radius 3 is 2.13 bits per heavy atom. The lowest BCUT2D eigenvalue weighted by atomic mass is 10.3. The molecule has 0 fully saturated rings. The van der Waals surface area contributed by atoms with Gasteiger partial charge in [-0.25, -0.2) is 4.79 Å². The van der Waals surface area contributed by atoms with Crippen LogP contribution in [0.25, 0.3) is 0 Å². The number of carbonyl (C=O) groups excluding carboxylic acids is 3. The molecule has 0 bridgehead atoms. The fourth-order valence-corrected chi connectivity index (χ4v) is 1.42. The van der Waals surface area contributed by atoms with Gasteiger partial charge in [-0.15, -0.1) is 0 Å². The van der Waals surface area contributed by atoms with Crippen molar-refractivity contribution in [3.05, 3.63) is 0 Å². The second-order valence-electron chi connectivity index (χ2n) is 2.67. The van der Waals surface area contributed by atoms with Crippen LogP contribution >= 0.6 is 11.8 Å². The van der Waals surface area contributed by atoms with E-state index < -0.39 is 17.7 Å². The van der Waals surface area contributed by atoms with Gasteiger partial charge < -0.3 is 10.8 Å². The van der Waals surface area contributed by atoms with Gasteiger partial charge in [0, 0.05) is 25.0 Å². The van der Waals surface area contributed by atoms with Gasteiger partial charge in [0.1, 0.15) is 0 Å². The Bertz CT molecular complexity index is 289. The van der Waals surface area contributed by atoms with E-state index in [1.165, 1.54) is 0 Å². The number of carbonyl (C=O) groups is 4. The van der Waals surface area contributed by atoms with Crippen LogP contribution in [0.15, 0.2) is 0 Å². The summed E-state index contributed by atoms with van der Waals surface area (Å²) in [6.07, 6.45) is -0.206. The number of amides is 1. The first-order valence-corrected chi connectivity index (χ1v) is 5.12. The third kappa shape index (κ3) is 7.68. The third-order valence-corrected chi connectivity index (χ3v) is 2.34. The molecule has 0 heterocycles. The third-order valence-electron chi connectivity index (χ3n) is 1.41. The Morgan fingerprint density at radius 1 is 1.07 bits per heavy atom. The van der Waals surface area contributed by atoms with Crippen LogP contribution in [-0.2, 0) is 19.2 Å². The summed E-state index contributed by atoms with van der Waals surface area (Å²) in [5.74, 6) is -2.88. The molecular formula is C8H11NO5S. The summed E-state index contributed by atoms with van der Waals surface area (Å²) in [7, 11) is 0. The molecule has 0 aromatic rings. The number of aliphatic carboxylic acids is 1. The molecule has 1 amide bonds. The van der Waals surface area contributed by atoms with Crippen molar-refractivity contribution in [3.8, 4) is 0 Å². The lowest BCUT2D eigenvalue weighted by molar-refractivity contribution is -0.148. The fourth-order valence-electron chi connectivity index (χ4n) is 0.662. The minimum Gasteiger partial charge on any atom is -0.476 e. The molecule has 6 nitrogen and oxygen atoms in total. The highest BCUT2D eigenvalue weighted by molar-refractivity contribution is 8.13. The van der Waals surface area contributed by atoms with E-state index in [-0.39, 0.29) is 30.1 Å². The summed E-state index contributed by atoms with van der Waals surface area (Å²) >= 11 is 0.833. The number of rotatable bonds is 7. The average molecular weight is 233 g/mol. The zero-order chi connectivity index (χ0) is 11.8. The van der Waals surface area contributed by atoms with Crippen LogP contribution in [0.5, 0.6) is 0 Å². The zero-order valence-corrected chi connectivity index (χ0v) is 8.71. The number of carboxylic acid groups (broad SMARTS) is 1. The Morgan fingerprint density at radius 2 is 1.67 bits per heavy atom. The lowest BCUT2D eigenvalue weighted by Gasteiger charge is -1.97. The van der Waals surface area contributed by atoms with E-state index in [9.17, 15) is 19.2 Å². The molecule has 0 saturated heterocycles. The van der Waals surface area contributed by atoms with Gasteiger partial charge in [-0.05, 0) is 0 Å². The van der Waals surface area contributed by atoms with Crippen molar-refractivity contribution in [1.29, 1.82) is 0 Å². The maximum Gasteiger partial charge on any atom is 0.372 e. The van der Waals surface area contributed by atoms with Crippen molar-refractivity contribution in [3.63, 3.8) is 0 Å². The maximum absolute atomic E-state index is 11.0. The van der Waals surface area contributed by atoms with Gasteiger partial charge in [-0.2, -0.15) is 0 Å². The highest BCUT2D eigenvalue weighted by Gasteiger charge is 2.12. The monoisotopic (exact) mass is 233 g/mol. The second kappa shape index (κ2) is 6.99. The first-order chi connectivity index (χ1) is 6.93. The number of thioether (sulfide) groups is 1. The summed E-state index contributed by atoms with van der Waals surface area (Å²) in [5.41, 5.74) is 4.83. The van der Waals surface area contributed by atoms with E-state index in [0.717, 1.165) is 11.8 Å². The predicted molar refractivity (Wildman–Crippen MR) is 53.2 cm³/mol. The first-order valence-electron chi connectivity index (χ1n) is 4.13. The molecular weight excluding hydrogens is 222 g/mol. The largest absolute Gasteiger partial charge is 0.476 e. The molecule has 0 aromatic heterocycles. The smallest absolute Gasteiger partial charge is 0.372 e. The molecule has 0 aromatic carbocycles. The van der Waals surface area contributed by atoms with E-state index in [1.54, 1.807) is 0 Å². The molecule has 15 heavy (non-hydrogen) atoms. The molecule has 0 saturated carbocycles. The minimum atomic E-state index is -1.50. The average Bonchev–Trinajstić information content (AvgIpc) is 2.14. The van der Waals surface area contributed by atoms with Crippen LogP contribution < -0.4 is 5.73 Å². The SMILES string of the molecule is NC(=O)CCC(=O)SCCC(=O)C(=O)O. The molecule has 0 aliphatic rings. The Labute approximate surface area is 90.2 Å². The van der Waals surface area contributed by atoms with E-state index in [1.807, 2.05) is 0 Å². The quantitative estimate of drug-likeness (QED) is 0.576. The van der Waals surface area contributed by atoms with Crippen LogP contribution in [0.4, 0.5) is 0 Å². The van der Waals surface area contributed by atoms with E-state index in [2.05, 4.69) is 0 Å². The van der Waals surface area contributed by atoms with Crippen molar-refractivity contribution >= 4 is 34.5 Å². The molecule has 0 rings (SSSR count). The number of hydrogen-bond acceptors (Lipinski definition) is 5. The fraction of sp³-hybridized carbons (Fsp3) is 0.500. The van der Waals surface area contributed by atoms with Gasteiger partial charge in [-0.1, -0.05) is 11.8 Å². The Kier molecular flexibility index (Phi) is 6.35. The summed E-state index contributed by atoms with van der Waals surface area (Å²) in [6, 6.07) is 0. The molecule has 7 heteroatoms. The zero-order valence-electron chi connectivity index (χ0n) is 7.89. The van der Waals surface area contributed by atoms with Gasteiger partial charge in [-0.3, -0.25) is 14.4 Å². The van der Waals surface area contributed by atoms with Crippen LogP contribution in [0.2, 0.25) is 0 Å². The molecule has 84 valence electrons. The van der Waals surface area contributed by atoms with Gasteiger partial charge in [0.05, 0.1) is 0 Å². The van der Waals surface area contributed by atoms with Crippen molar-refractivity contribution in [2.45, 2.75) is 19.3 Å². The summed E-state index contributed by atoms with van der Waals surface area (Å²) in [5, 5.41) is 7.95. The predicted octanol–water partition coefficient (Wildman–Crippen LogP) is -0.445. The Balaban J connectivity index is 3.59. The highest BCUT2D eigenvalue weighted by atomic mass is 32.2. The summed E-state index contributed by atoms with van der Waals surface area (Å²) in [6.45, 7) is 0. The molecule has 3 N–H and O–H groups in total. The number of Topliss-reactive ketones (excluding diaryl/α,β-unsaturated/α-hetero) is 1. The van der Waals surface area contributed by atoms with Gasteiger partial charge >= 0.3 is 5.97 Å². The molecule has 0 atom stereocenters. The molecule has 0 aliphatic heterocycles. The van der Waals surface area contributed by atoms with Crippen molar-refractivity contribution < 1.29 is 24.3 Å². The molecule has 0 radical (unpaired) electrons. The normalized spacial score (nSPS) is 9.60. The van der Waals surface area contributed by atoms with E-state index in [0.29, 0.717) is 0 Å². The van der Waals surface area contributed by atoms with Crippen molar-refractivity contribution in [2.75, 3.05) is 5.75 Å². The first kappa shape index (κ1) is 13.6. The van der Waals surface area contributed by atoms with Crippen molar-refractivity contribution in [1.82, 2.24) is 0 Å². The number of nitrogens with two attached hydrogens (primary N) is 1. The van der Waals surface area contributed by atoms with Crippen LogP contribution in [-0.4, -0.2) is 33.6 Å². The van der Waals surface area contributed by atoms with E-state index >= 15 is 0 Å². The Hall–Kier alpha value is -1.37. The van der Waals surface area contributed by atoms with Gasteiger partial charge in [0.15, 0.2) is 5.12 Å². The van der Waals surface area contributed by atoms with Gasteiger partial charge in [0.2, 0.25) is 11.7 Å². The standard InChI is InChI=1S/C8H11NO5S/c9-6(11)1-2-7(12)15-4-3-5(10)8(13)14/h1-4H2,(H2,9,11)(H,13,14). The number of primary amides is 1. The second-order valence-corrected chi connectivity index (χ2v) is 3.82. The summed E-state index contributed by atoms with van der Waals surface area (Å²) < 4.78 is 0. The van der Waals surface area contributed by atoms with Crippen LogP contribution in [0.3, 0.4) is 0 Å². The van der Waals surface area contributed by atoms with Crippen LogP contribution in [0.1, 0.15) is 19.3 Å². The number of carboxylic acids is 1.